The van der Waals surface area contributed by atoms with Crippen LogP contribution in [0, 0.1) is 0 Å². The van der Waals surface area contributed by atoms with E-state index in [1.165, 1.54) is 22.9 Å². The first-order valence-corrected chi connectivity index (χ1v) is 11.8. The SMILES string of the molecule is Nc1cccc2c1C=C(CCCCC(=O)C1SCN[C@@H]1C(=O)N1CCC[C@H]1C=O)C2. The van der Waals surface area contributed by atoms with Crippen LogP contribution >= 0.6 is 11.8 Å². The number of anilines is 1. The molecule has 160 valence electrons. The van der Waals surface area contributed by atoms with Crippen molar-refractivity contribution in [3.63, 3.8) is 0 Å². The molecule has 3 N–H and O–H groups in total. The summed E-state index contributed by atoms with van der Waals surface area (Å²) in [6.07, 6.45) is 8.79. The maximum absolute atomic E-state index is 12.9. The first-order valence-electron chi connectivity index (χ1n) is 10.8. The third kappa shape index (κ3) is 4.32. The molecule has 3 atom stereocenters. The number of allylic oxidation sites excluding steroid dienone is 1. The fourth-order valence-corrected chi connectivity index (χ4v) is 5.89. The number of thioether (sulfide) groups is 1. The Labute approximate surface area is 181 Å². The van der Waals surface area contributed by atoms with Crippen molar-refractivity contribution in [3.05, 3.63) is 34.9 Å². The summed E-state index contributed by atoms with van der Waals surface area (Å²) in [5.41, 5.74) is 10.7. The van der Waals surface area contributed by atoms with E-state index in [-0.39, 0.29) is 23.0 Å². The highest BCUT2D eigenvalue weighted by molar-refractivity contribution is 8.00. The Morgan fingerprint density at radius 3 is 2.97 bits per heavy atom. The van der Waals surface area contributed by atoms with E-state index in [0.29, 0.717) is 18.8 Å². The number of aldehydes is 1. The Bertz CT molecular complexity index is 869. The molecule has 1 amide bonds. The predicted octanol–water partition coefficient (Wildman–Crippen LogP) is 2.56. The zero-order chi connectivity index (χ0) is 21.1. The lowest BCUT2D eigenvalue weighted by molar-refractivity contribution is -0.137. The molecule has 6 nitrogen and oxygen atoms in total. The van der Waals surface area contributed by atoms with E-state index in [1.54, 1.807) is 4.90 Å². The van der Waals surface area contributed by atoms with Crippen molar-refractivity contribution in [1.82, 2.24) is 10.2 Å². The minimum absolute atomic E-state index is 0.0978. The highest BCUT2D eigenvalue weighted by Gasteiger charge is 2.42. The number of nitrogens with one attached hydrogen (secondary N) is 1. The second-order valence-electron chi connectivity index (χ2n) is 8.36. The smallest absolute Gasteiger partial charge is 0.241 e. The number of Topliss-reactive ketones (excluding diaryl/α,β-unsaturated/α-hetero) is 1. The highest BCUT2D eigenvalue weighted by Crippen LogP contribution is 2.32. The number of nitrogens with zero attached hydrogens (tertiary/aromatic N) is 1. The molecular weight excluding hydrogens is 398 g/mol. The second kappa shape index (κ2) is 9.35. The van der Waals surface area contributed by atoms with Gasteiger partial charge in [-0.3, -0.25) is 14.9 Å². The second-order valence-corrected chi connectivity index (χ2v) is 9.49. The third-order valence-corrected chi connectivity index (χ3v) is 7.59. The number of hydrogen-bond donors (Lipinski definition) is 2. The average Bonchev–Trinajstić information content (AvgIpc) is 3.49. The van der Waals surface area contributed by atoms with Crippen molar-refractivity contribution in [1.29, 1.82) is 0 Å². The monoisotopic (exact) mass is 427 g/mol. The lowest BCUT2D eigenvalue weighted by Crippen LogP contribution is -2.51. The number of likely N-dealkylation sites (tertiary alicyclic amines) is 1. The lowest BCUT2D eigenvalue weighted by Gasteiger charge is -2.26. The van der Waals surface area contributed by atoms with Crippen molar-refractivity contribution in [2.24, 2.45) is 0 Å². The molecule has 0 spiro atoms. The molecule has 0 aromatic heterocycles. The Morgan fingerprint density at radius 2 is 2.17 bits per heavy atom. The molecule has 2 aliphatic heterocycles. The quantitative estimate of drug-likeness (QED) is 0.376. The molecule has 3 aliphatic rings. The van der Waals surface area contributed by atoms with Crippen molar-refractivity contribution in [3.8, 4) is 0 Å². The minimum atomic E-state index is -0.502. The van der Waals surface area contributed by atoms with Crippen LogP contribution in [0.3, 0.4) is 0 Å². The van der Waals surface area contributed by atoms with E-state index in [0.717, 1.165) is 56.1 Å². The number of nitrogen functional groups attached to an aromatic ring is 1. The van der Waals surface area contributed by atoms with Crippen LogP contribution in [0.1, 0.15) is 49.7 Å². The fraction of sp³-hybridized carbons (Fsp3) is 0.522. The molecule has 4 rings (SSSR count). The molecule has 0 radical (unpaired) electrons. The standard InChI is InChI=1S/C23H29N3O3S/c24-19-8-3-6-16-11-15(12-18(16)19)5-1-2-9-20(28)22-21(25-14-30-22)23(29)26-10-4-7-17(26)13-27/h3,6,8,12-13,17,21-22,25H,1-2,4-5,7,9-11,14,24H2/t17-,21-,22?/m0/s1. The molecule has 2 heterocycles. The number of carbonyl (C=O) groups excluding carboxylic acids is 3. The Kier molecular flexibility index (Phi) is 6.58. The number of benzene rings is 1. The third-order valence-electron chi connectivity index (χ3n) is 6.36. The van der Waals surface area contributed by atoms with Gasteiger partial charge in [0.15, 0.2) is 0 Å². The van der Waals surface area contributed by atoms with Gasteiger partial charge in [-0.15, -0.1) is 11.8 Å². The minimum Gasteiger partial charge on any atom is -0.398 e. The summed E-state index contributed by atoms with van der Waals surface area (Å²) in [5, 5.41) is 2.83. The van der Waals surface area contributed by atoms with Gasteiger partial charge in [-0.2, -0.15) is 0 Å². The highest BCUT2D eigenvalue weighted by atomic mass is 32.2. The van der Waals surface area contributed by atoms with Gasteiger partial charge in [0.25, 0.3) is 0 Å². The van der Waals surface area contributed by atoms with Gasteiger partial charge in [0, 0.05) is 30.1 Å². The van der Waals surface area contributed by atoms with Crippen molar-refractivity contribution in [2.45, 2.75) is 62.3 Å². The van der Waals surface area contributed by atoms with Gasteiger partial charge in [-0.25, -0.2) is 0 Å². The Morgan fingerprint density at radius 1 is 1.30 bits per heavy atom. The molecular formula is C23H29N3O3S. The number of unbranched alkanes of at least 4 members (excludes halogenated alkanes) is 1. The number of ketones is 1. The fourth-order valence-electron chi connectivity index (χ4n) is 4.73. The van der Waals surface area contributed by atoms with E-state index in [2.05, 4.69) is 17.5 Å². The molecule has 1 aliphatic carbocycles. The van der Waals surface area contributed by atoms with Gasteiger partial charge in [0.05, 0.1) is 11.3 Å². The molecule has 1 aromatic rings. The maximum Gasteiger partial charge on any atom is 0.241 e. The number of nitrogens with two attached hydrogens (primary N) is 1. The van der Waals surface area contributed by atoms with Crippen LogP contribution in [0.25, 0.3) is 6.08 Å². The van der Waals surface area contributed by atoms with Crippen LogP contribution in [0.2, 0.25) is 0 Å². The van der Waals surface area contributed by atoms with E-state index in [9.17, 15) is 14.4 Å². The molecule has 0 saturated carbocycles. The maximum atomic E-state index is 12.9. The number of rotatable bonds is 8. The summed E-state index contributed by atoms with van der Waals surface area (Å²) in [6.45, 7) is 0.605. The zero-order valence-corrected chi connectivity index (χ0v) is 18.0. The first kappa shape index (κ1) is 21.1. The summed E-state index contributed by atoms with van der Waals surface area (Å²) in [5.74, 6) is 0.636. The number of fused-ring (bicyclic) bond motifs is 1. The summed E-state index contributed by atoms with van der Waals surface area (Å²) in [7, 11) is 0. The van der Waals surface area contributed by atoms with Crippen LogP contribution in [-0.2, 0) is 20.8 Å². The van der Waals surface area contributed by atoms with Crippen LogP contribution in [0.15, 0.2) is 23.8 Å². The van der Waals surface area contributed by atoms with Crippen LogP contribution in [-0.4, -0.2) is 52.6 Å². The lowest BCUT2D eigenvalue weighted by atomic mass is 10.0. The predicted molar refractivity (Wildman–Crippen MR) is 120 cm³/mol. The largest absolute Gasteiger partial charge is 0.398 e. The molecule has 2 fully saturated rings. The molecule has 0 bridgehead atoms. The van der Waals surface area contributed by atoms with Gasteiger partial charge in [-0.1, -0.05) is 23.8 Å². The van der Waals surface area contributed by atoms with E-state index in [4.69, 9.17) is 5.73 Å². The van der Waals surface area contributed by atoms with Crippen LogP contribution in [0.4, 0.5) is 5.69 Å². The van der Waals surface area contributed by atoms with Crippen LogP contribution in [0.5, 0.6) is 0 Å². The Hall–Kier alpha value is -2.12. The van der Waals surface area contributed by atoms with Crippen molar-refractivity contribution < 1.29 is 14.4 Å². The van der Waals surface area contributed by atoms with Crippen molar-refractivity contribution in [2.75, 3.05) is 18.2 Å². The van der Waals surface area contributed by atoms with E-state index in [1.807, 2.05) is 12.1 Å². The van der Waals surface area contributed by atoms with Crippen LogP contribution < -0.4 is 11.1 Å². The number of amides is 1. The van der Waals surface area contributed by atoms with Gasteiger partial charge in [0.2, 0.25) is 5.91 Å². The van der Waals surface area contributed by atoms with E-state index < -0.39 is 6.04 Å². The molecule has 30 heavy (non-hydrogen) atoms. The average molecular weight is 428 g/mol. The molecule has 2 saturated heterocycles. The summed E-state index contributed by atoms with van der Waals surface area (Å²) in [4.78, 5) is 38.6. The zero-order valence-electron chi connectivity index (χ0n) is 17.1. The van der Waals surface area contributed by atoms with Crippen molar-refractivity contribution >= 4 is 41.5 Å². The normalized spacial score (nSPS) is 25.3. The number of carbonyl (C=O) groups is 3. The van der Waals surface area contributed by atoms with Gasteiger partial charge < -0.3 is 15.4 Å². The Balaban J connectivity index is 1.25. The van der Waals surface area contributed by atoms with Gasteiger partial charge >= 0.3 is 0 Å². The van der Waals surface area contributed by atoms with E-state index >= 15 is 0 Å². The summed E-state index contributed by atoms with van der Waals surface area (Å²) in [6, 6.07) is 5.21. The summed E-state index contributed by atoms with van der Waals surface area (Å²) < 4.78 is 0. The molecule has 7 heteroatoms. The molecule has 1 aromatic carbocycles. The number of hydrogen-bond acceptors (Lipinski definition) is 6. The topological polar surface area (TPSA) is 92.5 Å². The molecule has 1 unspecified atom stereocenters. The summed E-state index contributed by atoms with van der Waals surface area (Å²) >= 11 is 1.51. The van der Waals surface area contributed by atoms with Gasteiger partial charge in [0.1, 0.15) is 18.1 Å². The first-order chi connectivity index (χ1) is 14.6. The van der Waals surface area contributed by atoms with Gasteiger partial charge in [-0.05, 0) is 50.2 Å².